The summed E-state index contributed by atoms with van der Waals surface area (Å²) in [5, 5.41) is 5.68. The molecule has 212 valence electrons. The molecule has 2 amide bonds. The van der Waals surface area contributed by atoms with Crippen LogP contribution in [0.3, 0.4) is 0 Å². The molecule has 11 nitrogen and oxygen atoms in total. The Hall–Kier alpha value is -5.79. The van der Waals surface area contributed by atoms with E-state index in [9.17, 15) is 22.8 Å². The number of aromatic nitrogens is 5. The van der Waals surface area contributed by atoms with Gasteiger partial charge in [-0.05, 0) is 48.5 Å². The molecule has 0 aliphatic rings. The van der Waals surface area contributed by atoms with Crippen LogP contribution in [0.1, 0.15) is 26.3 Å². The molecule has 0 aliphatic carbocycles. The SMILES string of the molecule is CN(c1cccc(NC(=O)c2cccc(C(F)(F)F)c2)c1)c1nccn1-c1cc(Nc2ccc(C(N)=O)cn2)ncn1. The highest BCUT2D eigenvalue weighted by atomic mass is 19.4. The van der Waals surface area contributed by atoms with E-state index in [1.54, 1.807) is 71.4 Å². The maximum Gasteiger partial charge on any atom is 0.416 e. The Kier molecular flexibility index (Phi) is 7.51. The zero-order chi connectivity index (χ0) is 29.9. The molecular weight excluding hydrogens is 551 g/mol. The molecule has 3 aromatic heterocycles. The van der Waals surface area contributed by atoms with Gasteiger partial charge in [0.05, 0.1) is 11.1 Å². The van der Waals surface area contributed by atoms with Crippen molar-refractivity contribution < 1.29 is 22.8 Å². The molecule has 0 atom stereocenters. The molecular formula is C28H22F3N9O2. The van der Waals surface area contributed by atoms with Crippen molar-refractivity contribution >= 4 is 40.8 Å². The Labute approximate surface area is 236 Å². The number of pyridine rings is 1. The number of imidazole rings is 1. The van der Waals surface area contributed by atoms with Gasteiger partial charge in [-0.2, -0.15) is 13.2 Å². The molecule has 14 heteroatoms. The van der Waals surface area contributed by atoms with Crippen LogP contribution < -0.4 is 21.3 Å². The first-order chi connectivity index (χ1) is 20.1. The highest BCUT2D eigenvalue weighted by Crippen LogP contribution is 2.30. The number of benzene rings is 2. The summed E-state index contributed by atoms with van der Waals surface area (Å²) in [6, 6.07) is 15.8. The lowest BCUT2D eigenvalue weighted by Gasteiger charge is -2.20. The van der Waals surface area contributed by atoms with Crippen LogP contribution in [0.4, 0.5) is 42.1 Å². The van der Waals surface area contributed by atoms with Crippen molar-refractivity contribution in [1.82, 2.24) is 24.5 Å². The van der Waals surface area contributed by atoms with Crippen molar-refractivity contribution in [3.8, 4) is 5.82 Å². The van der Waals surface area contributed by atoms with E-state index < -0.39 is 23.6 Å². The Balaban J connectivity index is 1.34. The van der Waals surface area contributed by atoms with Gasteiger partial charge >= 0.3 is 6.18 Å². The summed E-state index contributed by atoms with van der Waals surface area (Å²) in [5.41, 5.74) is 5.52. The van der Waals surface area contributed by atoms with Crippen molar-refractivity contribution in [3.05, 3.63) is 108 Å². The van der Waals surface area contributed by atoms with Gasteiger partial charge < -0.3 is 21.3 Å². The first-order valence-corrected chi connectivity index (χ1v) is 12.3. The third-order valence-electron chi connectivity index (χ3n) is 6.07. The number of carbonyl (C=O) groups is 2. The average molecular weight is 574 g/mol. The summed E-state index contributed by atoms with van der Waals surface area (Å²) in [5.74, 6) is 0.568. The number of halogens is 3. The summed E-state index contributed by atoms with van der Waals surface area (Å²) in [6.07, 6.45) is 1.45. The lowest BCUT2D eigenvalue weighted by atomic mass is 10.1. The van der Waals surface area contributed by atoms with E-state index >= 15 is 0 Å². The number of nitrogens with two attached hydrogens (primary N) is 1. The second-order valence-electron chi connectivity index (χ2n) is 8.92. The number of anilines is 5. The van der Waals surface area contributed by atoms with Gasteiger partial charge in [-0.25, -0.2) is 19.9 Å². The third-order valence-corrected chi connectivity index (χ3v) is 6.07. The molecule has 5 rings (SSSR count). The molecule has 42 heavy (non-hydrogen) atoms. The van der Waals surface area contributed by atoms with Gasteiger partial charge in [0, 0.05) is 48.6 Å². The summed E-state index contributed by atoms with van der Waals surface area (Å²) in [7, 11) is 1.76. The van der Waals surface area contributed by atoms with Gasteiger partial charge in [0.15, 0.2) is 0 Å². The quantitative estimate of drug-likeness (QED) is 0.237. The monoisotopic (exact) mass is 573 g/mol. The summed E-state index contributed by atoms with van der Waals surface area (Å²) < 4.78 is 40.9. The summed E-state index contributed by atoms with van der Waals surface area (Å²) in [6.45, 7) is 0. The van der Waals surface area contributed by atoms with Crippen molar-refractivity contribution in [3.63, 3.8) is 0 Å². The van der Waals surface area contributed by atoms with E-state index in [1.165, 1.54) is 24.7 Å². The van der Waals surface area contributed by atoms with Crippen molar-refractivity contribution in [2.24, 2.45) is 5.73 Å². The Bertz CT molecular complexity index is 1750. The predicted octanol–water partition coefficient (Wildman–Crippen LogP) is 4.94. The van der Waals surface area contributed by atoms with E-state index in [0.29, 0.717) is 34.8 Å². The molecule has 0 fully saturated rings. The largest absolute Gasteiger partial charge is 0.416 e. The zero-order valence-electron chi connectivity index (χ0n) is 21.9. The Morgan fingerprint density at radius 2 is 1.71 bits per heavy atom. The number of nitrogens with one attached hydrogen (secondary N) is 2. The standard InChI is InChI=1S/C28H22F3N9O2/c1-39(21-7-3-6-20(13-21)37-26(42)17-4-2-5-19(12-17)28(29,30)31)27-33-10-11-40(27)24-14-23(35-16-36-24)38-22-9-8-18(15-34-22)25(32)41/h2-16H,1H3,(H2,32,41)(H,37,42)(H,34,35,36,38). The van der Waals surface area contributed by atoms with Crippen LogP contribution in [-0.2, 0) is 6.18 Å². The van der Waals surface area contributed by atoms with E-state index in [-0.39, 0.29) is 11.1 Å². The van der Waals surface area contributed by atoms with Crippen LogP contribution >= 0.6 is 0 Å². The number of hydrogen-bond donors (Lipinski definition) is 3. The minimum atomic E-state index is -4.56. The maximum atomic E-state index is 13.1. The van der Waals surface area contributed by atoms with Crippen molar-refractivity contribution in [1.29, 1.82) is 0 Å². The molecule has 0 saturated carbocycles. The highest BCUT2D eigenvalue weighted by molar-refractivity contribution is 6.04. The number of carbonyl (C=O) groups excluding carboxylic acids is 2. The predicted molar refractivity (Wildman–Crippen MR) is 149 cm³/mol. The fraction of sp³-hybridized carbons (Fsp3) is 0.0714. The average Bonchev–Trinajstić information content (AvgIpc) is 3.47. The fourth-order valence-corrected chi connectivity index (χ4v) is 3.96. The molecule has 0 spiro atoms. The van der Waals surface area contributed by atoms with Gasteiger partial charge in [0.2, 0.25) is 11.9 Å². The molecule has 4 N–H and O–H groups in total. The Morgan fingerprint density at radius 3 is 2.45 bits per heavy atom. The first-order valence-electron chi connectivity index (χ1n) is 12.3. The fourth-order valence-electron chi connectivity index (χ4n) is 3.96. The summed E-state index contributed by atoms with van der Waals surface area (Å²) in [4.78, 5) is 42.9. The Morgan fingerprint density at radius 1 is 0.905 bits per heavy atom. The normalized spacial score (nSPS) is 11.1. The minimum absolute atomic E-state index is 0.119. The van der Waals surface area contributed by atoms with E-state index in [2.05, 4.69) is 30.6 Å². The lowest BCUT2D eigenvalue weighted by Crippen LogP contribution is -2.17. The van der Waals surface area contributed by atoms with Gasteiger partial charge in [0.25, 0.3) is 5.91 Å². The van der Waals surface area contributed by atoms with Crippen LogP contribution in [0.25, 0.3) is 5.82 Å². The van der Waals surface area contributed by atoms with E-state index in [4.69, 9.17) is 5.73 Å². The molecule has 0 aliphatic heterocycles. The van der Waals surface area contributed by atoms with Gasteiger partial charge in [-0.1, -0.05) is 12.1 Å². The second kappa shape index (κ2) is 11.4. The molecule has 0 radical (unpaired) electrons. The van der Waals surface area contributed by atoms with Crippen LogP contribution in [0.2, 0.25) is 0 Å². The maximum absolute atomic E-state index is 13.1. The zero-order valence-corrected chi connectivity index (χ0v) is 21.9. The highest BCUT2D eigenvalue weighted by Gasteiger charge is 2.31. The molecule has 0 bridgehead atoms. The van der Waals surface area contributed by atoms with E-state index in [0.717, 1.165) is 12.1 Å². The molecule has 0 unspecified atom stereocenters. The number of primary amides is 1. The number of nitrogens with zero attached hydrogens (tertiary/aromatic N) is 6. The summed E-state index contributed by atoms with van der Waals surface area (Å²) >= 11 is 0. The molecule has 0 saturated heterocycles. The van der Waals surface area contributed by atoms with Gasteiger partial charge in [0.1, 0.15) is 23.8 Å². The molecule has 3 heterocycles. The van der Waals surface area contributed by atoms with Crippen LogP contribution in [0, 0.1) is 0 Å². The molecule has 5 aromatic rings. The molecule has 2 aromatic carbocycles. The van der Waals surface area contributed by atoms with Crippen LogP contribution in [0.15, 0.2) is 91.6 Å². The number of amides is 2. The number of rotatable bonds is 8. The van der Waals surface area contributed by atoms with Gasteiger partial charge in [-0.15, -0.1) is 0 Å². The number of hydrogen-bond acceptors (Lipinski definition) is 8. The van der Waals surface area contributed by atoms with E-state index in [1.807, 2.05) is 0 Å². The number of alkyl halides is 3. The first kappa shape index (κ1) is 27.8. The topological polar surface area (TPSA) is 144 Å². The smallest absolute Gasteiger partial charge is 0.366 e. The van der Waals surface area contributed by atoms with Crippen molar-refractivity contribution in [2.45, 2.75) is 6.18 Å². The third kappa shape index (κ3) is 6.17. The second-order valence-corrected chi connectivity index (χ2v) is 8.92. The van der Waals surface area contributed by atoms with Gasteiger partial charge in [-0.3, -0.25) is 14.2 Å². The van der Waals surface area contributed by atoms with Crippen LogP contribution in [-0.4, -0.2) is 43.4 Å². The van der Waals surface area contributed by atoms with Crippen molar-refractivity contribution in [2.75, 3.05) is 22.6 Å². The van der Waals surface area contributed by atoms with Crippen LogP contribution in [0.5, 0.6) is 0 Å². The minimum Gasteiger partial charge on any atom is -0.366 e. The lowest BCUT2D eigenvalue weighted by molar-refractivity contribution is -0.137.